The van der Waals surface area contributed by atoms with Gasteiger partial charge in [0.1, 0.15) is 0 Å². The van der Waals surface area contributed by atoms with Gasteiger partial charge in [0.15, 0.2) is 10.8 Å². The van der Waals surface area contributed by atoms with E-state index in [4.69, 9.17) is 10.2 Å². The van der Waals surface area contributed by atoms with Crippen molar-refractivity contribution in [3.8, 4) is 10.8 Å². The number of amides is 1. The fraction of sp³-hybridized carbons (Fsp3) is 0.467. The van der Waals surface area contributed by atoms with Gasteiger partial charge in [-0.3, -0.25) is 4.79 Å². The Labute approximate surface area is 140 Å². The number of nitrogens with two attached hydrogens (primary N) is 1. The van der Waals surface area contributed by atoms with E-state index in [1.165, 1.54) is 11.3 Å². The number of nitrogens with one attached hydrogen (secondary N) is 1. The van der Waals surface area contributed by atoms with Gasteiger partial charge in [0.25, 0.3) is 0 Å². The lowest BCUT2D eigenvalue weighted by Crippen LogP contribution is -2.45. The van der Waals surface area contributed by atoms with Crippen molar-refractivity contribution in [1.82, 2.24) is 10.3 Å². The molecule has 7 heteroatoms. The number of nitrogens with zero attached hydrogens (tertiary/aromatic N) is 1. The molecule has 0 aliphatic rings. The second-order valence-electron chi connectivity index (χ2n) is 5.00. The van der Waals surface area contributed by atoms with E-state index >= 15 is 0 Å². The smallest absolute Gasteiger partial charge is 0.227 e. The second kappa shape index (κ2) is 8.31. The van der Waals surface area contributed by atoms with Crippen LogP contribution in [0.2, 0.25) is 0 Å². The number of thiazole rings is 1. The van der Waals surface area contributed by atoms with Gasteiger partial charge in [-0.1, -0.05) is 13.8 Å². The summed E-state index contributed by atoms with van der Waals surface area (Å²) in [5.41, 5.74) is 6.14. The maximum Gasteiger partial charge on any atom is 0.227 e. The minimum atomic E-state index is -0.472. The first-order valence-electron chi connectivity index (χ1n) is 7.12. The zero-order chi connectivity index (χ0) is 15.3. The number of hydrogen-bond donors (Lipinski definition) is 2. The maximum atomic E-state index is 12.3. The van der Waals surface area contributed by atoms with Crippen molar-refractivity contribution < 1.29 is 9.21 Å². The molecule has 0 unspecified atom stereocenters. The standard InChI is InChI=1S/C15H21N3O2S.ClH/c1-3-15(4-2,10-16)14(19)17-8-11-9-21-13(18-11)12-6-5-7-20-12;/h5-7,9H,3-4,8,10,16H2,1-2H3,(H,17,19);1H. The molecule has 2 aromatic rings. The van der Waals surface area contributed by atoms with Crippen LogP contribution in [-0.2, 0) is 11.3 Å². The van der Waals surface area contributed by atoms with E-state index in [0.717, 1.165) is 29.3 Å². The summed E-state index contributed by atoms with van der Waals surface area (Å²) < 4.78 is 5.31. The minimum absolute atomic E-state index is 0. The number of rotatable bonds is 7. The highest BCUT2D eigenvalue weighted by Crippen LogP contribution is 2.26. The molecule has 2 rings (SSSR count). The molecule has 3 N–H and O–H groups in total. The number of halogens is 1. The first kappa shape index (κ1) is 18.7. The molecular weight excluding hydrogens is 322 g/mol. The summed E-state index contributed by atoms with van der Waals surface area (Å²) in [6.07, 6.45) is 3.09. The van der Waals surface area contributed by atoms with Gasteiger partial charge in [-0.2, -0.15) is 0 Å². The van der Waals surface area contributed by atoms with E-state index in [0.29, 0.717) is 13.1 Å². The van der Waals surface area contributed by atoms with Gasteiger partial charge in [0.05, 0.1) is 23.9 Å². The lowest BCUT2D eigenvalue weighted by molar-refractivity contribution is -0.131. The van der Waals surface area contributed by atoms with E-state index in [2.05, 4.69) is 10.3 Å². The summed E-state index contributed by atoms with van der Waals surface area (Å²) in [5.74, 6) is 0.749. The summed E-state index contributed by atoms with van der Waals surface area (Å²) >= 11 is 1.50. The molecule has 0 atom stereocenters. The van der Waals surface area contributed by atoms with Crippen LogP contribution in [0.5, 0.6) is 0 Å². The third kappa shape index (κ3) is 3.88. The Hall–Kier alpha value is -1.37. The highest BCUT2D eigenvalue weighted by molar-refractivity contribution is 7.13. The van der Waals surface area contributed by atoms with Crippen molar-refractivity contribution in [1.29, 1.82) is 0 Å². The Morgan fingerprint density at radius 3 is 2.73 bits per heavy atom. The van der Waals surface area contributed by atoms with Crippen LogP contribution in [0.3, 0.4) is 0 Å². The van der Waals surface area contributed by atoms with E-state index in [-0.39, 0.29) is 18.3 Å². The molecule has 0 spiro atoms. The van der Waals surface area contributed by atoms with Crippen molar-refractivity contribution in [3.63, 3.8) is 0 Å². The molecule has 5 nitrogen and oxygen atoms in total. The van der Waals surface area contributed by atoms with Gasteiger partial charge in [0.2, 0.25) is 5.91 Å². The molecule has 0 saturated heterocycles. The minimum Gasteiger partial charge on any atom is -0.462 e. The van der Waals surface area contributed by atoms with Gasteiger partial charge < -0.3 is 15.5 Å². The lowest BCUT2D eigenvalue weighted by Gasteiger charge is -2.28. The largest absolute Gasteiger partial charge is 0.462 e. The molecule has 0 fully saturated rings. The molecule has 1 amide bonds. The first-order chi connectivity index (χ1) is 10.1. The monoisotopic (exact) mass is 343 g/mol. The quantitative estimate of drug-likeness (QED) is 0.808. The van der Waals surface area contributed by atoms with Crippen molar-refractivity contribution >= 4 is 29.7 Å². The van der Waals surface area contributed by atoms with Gasteiger partial charge in [-0.05, 0) is 25.0 Å². The van der Waals surface area contributed by atoms with Crippen molar-refractivity contribution in [2.45, 2.75) is 33.2 Å². The molecule has 0 aromatic carbocycles. The van der Waals surface area contributed by atoms with Gasteiger partial charge in [-0.25, -0.2) is 4.98 Å². The molecule has 0 radical (unpaired) electrons. The Morgan fingerprint density at radius 1 is 1.45 bits per heavy atom. The van der Waals surface area contributed by atoms with E-state index < -0.39 is 5.41 Å². The molecule has 0 aliphatic heterocycles. The van der Waals surface area contributed by atoms with Crippen LogP contribution in [0.25, 0.3) is 10.8 Å². The molecule has 122 valence electrons. The number of hydrogen-bond acceptors (Lipinski definition) is 5. The molecule has 22 heavy (non-hydrogen) atoms. The van der Waals surface area contributed by atoms with Crippen LogP contribution in [-0.4, -0.2) is 17.4 Å². The van der Waals surface area contributed by atoms with Crippen LogP contribution >= 0.6 is 23.7 Å². The van der Waals surface area contributed by atoms with E-state index in [1.807, 2.05) is 31.4 Å². The number of furan rings is 1. The summed E-state index contributed by atoms with van der Waals surface area (Å²) in [5, 5.41) is 5.70. The Kier molecular flexibility index (Phi) is 7.06. The summed E-state index contributed by atoms with van der Waals surface area (Å²) in [4.78, 5) is 16.8. The van der Waals surface area contributed by atoms with Crippen molar-refractivity contribution in [3.05, 3.63) is 29.5 Å². The van der Waals surface area contributed by atoms with Crippen LogP contribution in [0, 0.1) is 5.41 Å². The van der Waals surface area contributed by atoms with Crippen LogP contribution < -0.4 is 11.1 Å². The van der Waals surface area contributed by atoms with Crippen LogP contribution in [0.4, 0.5) is 0 Å². The molecule has 0 saturated carbocycles. The SMILES string of the molecule is CCC(CC)(CN)C(=O)NCc1csc(-c2ccco2)n1.Cl. The highest BCUT2D eigenvalue weighted by atomic mass is 35.5. The van der Waals surface area contributed by atoms with Crippen molar-refractivity contribution in [2.24, 2.45) is 11.1 Å². The van der Waals surface area contributed by atoms with Crippen LogP contribution in [0.1, 0.15) is 32.4 Å². The van der Waals surface area contributed by atoms with E-state index in [9.17, 15) is 4.79 Å². The first-order valence-corrected chi connectivity index (χ1v) is 7.99. The summed E-state index contributed by atoms with van der Waals surface area (Å²) in [7, 11) is 0. The van der Waals surface area contributed by atoms with Crippen molar-refractivity contribution in [2.75, 3.05) is 6.54 Å². The number of carbonyl (C=O) groups is 1. The Morgan fingerprint density at radius 2 is 2.18 bits per heavy atom. The predicted octanol–water partition coefficient (Wildman–Crippen LogP) is 3.21. The fourth-order valence-corrected chi connectivity index (χ4v) is 3.00. The topological polar surface area (TPSA) is 81.2 Å². The molecular formula is C15H22ClN3O2S. The zero-order valence-corrected chi connectivity index (χ0v) is 14.4. The summed E-state index contributed by atoms with van der Waals surface area (Å²) in [6.45, 7) is 4.76. The summed E-state index contributed by atoms with van der Waals surface area (Å²) in [6, 6.07) is 3.70. The van der Waals surface area contributed by atoms with Gasteiger partial charge in [-0.15, -0.1) is 23.7 Å². The lowest BCUT2D eigenvalue weighted by atomic mass is 9.81. The normalized spacial score (nSPS) is 11.0. The molecule has 2 aromatic heterocycles. The maximum absolute atomic E-state index is 12.3. The molecule has 0 bridgehead atoms. The Balaban J connectivity index is 0.00000242. The fourth-order valence-electron chi connectivity index (χ4n) is 2.21. The molecule has 2 heterocycles. The van der Waals surface area contributed by atoms with Crippen LogP contribution in [0.15, 0.2) is 28.2 Å². The third-order valence-electron chi connectivity index (χ3n) is 3.94. The Bertz CT molecular complexity index is 571. The average molecular weight is 344 g/mol. The number of aromatic nitrogens is 1. The second-order valence-corrected chi connectivity index (χ2v) is 5.85. The zero-order valence-electron chi connectivity index (χ0n) is 12.8. The predicted molar refractivity (Wildman–Crippen MR) is 91.0 cm³/mol. The van der Waals surface area contributed by atoms with Gasteiger partial charge >= 0.3 is 0 Å². The third-order valence-corrected chi connectivity index (χ3v) is 4.85. The molecule has 0 aliphatic carbocycles. The van der Waals surface area contributed by atoms with E-state index in [1.54, 1.807) is 6.26 Å². The number of carbonyl (C=O) groups excluding carboxylic acids is 1. The average Bonchev–Trinajstić information content (AvgIpc) is 3.18. The van der Waals surface area contributed by atoms with Gasteiger partial charge in [0, 0.05) is 11.9 Å². The highest BCUT2D eigenvalue weighted by Gasteiger charge is 2.33.